The average Bonchev–Trinajstić information content (AvgIpc) is 2.67. The molecule has 0 saturated carbocycles. The third-order valence-corrected chi connectivity index (χ3v) is 3.60. The van der Waals surface area contributed by atoms with Gasteiger partial charge in [0.15, 0.2) is 0 Å². The van der Waals surface area contributed by atoms with Crippen LogP contribution in [0.25, 0.3) is 0 Å². The number of hydrogen-bond acceptors (Lipinski definition) is 2. The Balaban J connectivity index is 2.20. The highest BCUT2D eigenvalue weighted by Gasteiger charge is 2.33. The fourth-order valence-corrected chi connectivity index (χ4v) is 2.76. The molecule has 1 unspecified atom stereocenters. The molecule has 6 heteroatoms. The summed E-state index contributed by atoms with van der Waals surface area (Å²) in [4.78, 5) is 11.8. The maximum Gasteiger partial charge on any atom is 0.226 e. The molecule has 104 valence electrons. The molecular formula is C14H13F2N3O. The lowest BCUT2D eigenvalue weighted by atomic mass is 9.85. The van der Waals surface area contributed by atoms with E-state index in [0.29, 0.717) is 11.5 Å². The number of nitrogens with zero attached hydrogens (tertiary/aromatic N) is 2. The van der Waals surface area contributed by atoms with Crippen LogP contribution in [0.2, 0.25) is 0 Å². The number of anilines is 1. The van der Waals surface area contributed by atoms with Gasteiger partial charge < -0.3 is 5.32 Å². The number of aromatic nitrogens is 2. The van der Waals surface area contributed by atoms with Crippen molar-refractivity contribution in [3.05, 3.63) is 46.7 Å². The minimum absolute atomic E-state index is 0.0832. The van der Waals surface area contributed by atoms with Crippen molar-refractivity contribution in [1.82, 2.24) is 9.78 Å². The average molecular weight is 277 g/mol. The Bertz CT molecular complexity index is 709. The lowest BCUT2D eigenvalue weighted by molar-refractivity contribution is -0.116. The molecule has 1 aromatic heterocycles. The van der Waals surface area contributed by atoms with Crippen molar-refractivity contribution >= 4 is 11.7 Å². The first-order valence-corrected chi connectivity index (χ1v) is 6.25. The molecule has 2 heterocycles. The van der Waals surface area contributed by atoms with E-state index in [2.05, 4.69) is 10.4 Å². The maximum atomic E-state index is 14.0. The molecule has 3 rings (SSSR count). The standard InChI is InChI=1S/C14H13F2N3O/c1-7-13-10(9-5-8(15)3-4-11(9)16)6-12(20)17-14(13)19(2)18-7/h3-5,10H,6H2,1-2H3,(H,17,20). The zero-order chi connectivity index (χ0) is 14.4. The van der Waals surface area contributed by atoms with E-state index in [4.69, 9.17) is 0 Å². The summed E-state index contributed by atoms with van der Waals surface area (Å²) in [5.41, 5.74) is 1.64. The molecule has 1 amide bonds. The monoisotopic (exact) mass is 277 g/mol. The van der Waals surface area contributed by atoms with Crippen LogP contribution in [0.3, 0.4) is 0 Å². The normalized spacial score (nSPS) is 17.8. The SMILES string of the molecule is Cc1nn(C)c2c1C(c1cc(F)ccc1F)CC(=O)N2. The molecule has 0 saturated heterocycles. The molecule has 0 bridgehead atoms. The molecule has 1 aromatic carbocycles. The smallest absolute Gasteiger partial charge is 0.226 e. The molecule has 0 radical (unpaired) electrons. The highest BCUT2D eigenvalue weighted by atomic mass is 19.1. The van der Waals surface area contributed by atoms with E-state index in [1.807, 2.05) is 0 Å². The highest BCUT2D eigenvalue weighted by Crippen LogP contribution is 2.39. The maximum absolute atomic E-state index is 14.0. The summed E-state index contributed by atoms with van der Waals surface area (Å²) >= 11 is 0. The summed E-state index contributed by atoms with van der Waals surface area (Å²) in [6.07, 6.45) is 0.0832. The van der Waals surface area contributed by atoms with Gasteiger partial charge in [0, 0.05) is 24.9 Å². The van der Waals surface area contributed by atoms with Crippen molar-refractivity contribution in [2.75, 3.05) is 5.32 Å². The Morgan fingerprint density at radius 1 is 1.40 bits per heavy atom. The summed E-state index contributed by atoms with van der Waals surface area (Å²) in [6, 6.07) is 3.30. The van der Waals surface area contributed by atoms with Crippen LogP contribution >= 0.6 is 0 Å². The predicted octanol–water partition coefficient (Wildman–Crippen LogP) is 2.48. The van der Waals surface area contributed by atoms with Crippen molar-refractivity contribution in [1.29, 1.82) is 0 Å². The minimum atomic E-state index is -0.518. The number of carbonyl (C=O) groups is 1. The van der Waals surface area contributed by atoms with Crippen molar-refractivity contribution in [2.45, 2.75) is 19.3 Å². The second kappa shape index (κ2) is 4.40. The molecule has 1 N–H and O–H groups in total. The van der Waals surface area contributed by atoms with E-state index < -0.39 is 17.6 Å². The number of amides is 1. The third kappa shape index (κ3) is 1.88. The van der Waals surface area contributed by atoms with Gasteiger partial charge in [-0.25, -0.2) is 8.78 Å². The summed E-state index contributed by atoms with van der Waals surface area (Å²) in [7, 11) is 1.70. The number of aryl methyl sites for hydroxylation is 2. The lowest BCUT2D eigenvalue weighted by Crippen LogP contribution is -2.25. The van der Waals surface area contributed by atoms with Crippen LogP contribution in [0, 0.1) is 18.6 Å². The van der Waals surface area contributed by atoms with Gasteiger partial charge in [0.05, 0.1) is 5.69 Å². The quantitative estimate of drug-likeness (QED) is 0.870. The summed E-state index contributed by atoms with van der Waals surface area (Å²) < 4.78 is 28.9. The van der Waals surface area contributed by atoms with Gasteiger partial charge in [-0.1, -0.05) is 0 Å². The molecule has 2 aromatic rings. The van der Waals surface area contributed by atoms with Gasteiger partial charge in [0.2, 0.25) is 5.91 Å². The largest absolute Gasteiger partial charge is 0.311 e. The van der Waals surface area contributed by atoms with Crippen LogP contribution in [0.5, 0.6) is 0 Å². The second-order valence-electron chi connectivity index (χ2n) is 4.94. The molecular weight excluding hydrogens is 264 g/mol. The van der Waals surface area contributed by atoms with Gasteiger partial charge in [0.1, 0.15) is 17.5 Å². The molecule has 4 nitrogen and oxygen atoms in total. The van der Waals surface area contributed by atoms with E-state index in [9.17, 15) is 13.6 Å². The van der Waals surface area contributed by atoms with E-state index >= 15 is 0 Å². The number of fused-ring (bicyclic) bond motifs is 1. The fraction of sp³-hybridized carbons (Fsp3) is 0.286. The molecule has 1 atom stereocenters. The topological polar surface area (TPSA) is 46.9 Å². The predicted molar refractivity (Wildman–Crippen MR) is 69.4 cm³/mol. The van der Waals surface area contributed by atoms with Crippen molar-refractivity contribution in [3.63, 3.8) is 0 Å². The van der Waals surface area contributed by atoms with E-state index in [0.717, 1.165) is 23.8 Å². The van der Waals surface area contributed by atoms with Crippen LogP contribution < -0.4 is 5.32 Å². The Labute approximate surface area is 114 Å². The van der Waals surface area contributed by atoms with Crippen molar-refractivity contribution < 1.29 is 13.6 Å². The summed E-state index contributed by atoms with van der Waals surface area (Å²) in [5, 5.41) is 6.97. The van der Waals surface area contributed by atoms with Gasteiger partial charge in [-0.3, -0.25) is 9.48 Å². The highest BCUT2D eigenvalue weighted by molar-refractivity contribution is 5.94. The first-order chi connectivity index (χ1) is 9.47. The minimum Gasteiger partial charge on any atom is -0.311 e. The number of halogens is 2. The van der Waals surface area contributed by atoms with Crippen LogP contribution in [0.1, 0.15) is 29.2 Å². The molecule has 0 aliphatic carbocycles. The van der Waals surface area contributed by atoms with Crippen molar-refractivity contribution in [2.24, 2.45) is 7.05 Å². The van der Waals surface area contributed by atoms with Crippen molar-refractivity contribution in [3.8, 4) is 0 Å². The Morgan fingerprint density at radius 2 is 2.15 bits per heavy atom. The van der Waals surface area contributed by atoms with Crippen LogP contribution in [0.4, 0.5) is 14.6 Å². The van der Waals surface area contributed by atoms with Gasteiger partial charge in [-0.2, -0.15) is 5.10 Å². The number of benzene rings is 1. The molecule has 0 fully saturated rings. The van der Waals surface area contributed by atoms with Crippen LogP contribution in [-0.2, 0) is 11.8 Å². The number of nitrogens with one attached hydrogen (secondary N) is 1. The van der Waals surface area contributed by atoms with Crippen LogP contribution in [0.15, 0.2) is 18.2 Å². The van der Waals surface area contributed by atoms with E-state index in [1.54, 1.807) is 18.7 Å². The zero-order valence-corrected chi connectivity index (χ0v) is 11.1. The molecule has 20 heavy (non-hydrogen) atoms. The van der Waals surface area contributed by atoms with Gasteiger partial charge in [-0.05, 0) is 30.7 Å². The number of hydrogen-bond donors (Lipinski definition) is 1. The van der Waals surface area contributed by atoms with E-state index in [-0.39, 0.29) is 17.9 Å². The Kier molecular flexibility index (Phi) is 2.81. The van der Waals surface area contributed by atoms with Gasteiger partial charge in [-0.15, -0.1) is 0 Å². The van der Waals surface area contributed by atoms with E-state index in [1.165, 1.54) is 0 Å². The first-order valence-electron chi connectivity index (χ1n) is 6.25. The lowest BCUT2D eigenvalue weighted by Gasteiger charge is -2.24. The van der Waals surface area contributed by atoms with Gasteiger partial charge >= 0.3 is 0 Å². The fourth-order valence-electron chi connectivity index (χ4n) is 2.76. The molecule has 1 aliphatic heterocycles. The zero-order valence-electron chi connectivity index (χ0n) is 11.1. The van der Waals surface area contributed by atoms with Crippen LogP contribution in [-0.4, -0.2) is 15.7 Å². The summed E-state index contributed by atoms with van der Waals surface area (Å²) in [5.74, 6) is -1.22. The summed E-state index contributed by atoms with van der Waals surface area (Å²) in [6.45, 7) is 1.79. The Hall–Kier alpha value is -2.24. The number of rotatable bonds is 1. The molecule has 1 aliphatic rings. The Morgan fingerprint density at radius 3 is 2.90 bits per heavy atom. The first kappa shape index (κ1) is 12.8. The number of carbonyl (C=O) groups excluding carboxylic acids is 1. The second-order valence-corrected chi connectivity index (χ2v) is 4.94. The third-order valence-electron chi connectivity index (χ3n) is 3.60. The van der Waals surface area contributed by atoms with Gasteiger partial charge in [0.25, 0.3) is 0 Å². The molecule has 0 spiro atoms.